The van der Waals surface area contributed by atoms with Crippen molar-refractivity contribution in [2.45, 2.75) is 18.9 Å². The zero-order valence-corrected chi connectivity index (χ0v) is 12.5. The van der Waals surface area contributed by atoms with Gasteiger partial charge in [0.15, 0.2) is 0 Å². The maximum Gasteiger partial charge on any atom is 0.290 e. The molecule has 7 heteroatoms. The first kappa shape index (κ1) is 14.9. The van der Waals surface area contributed by atoms with E-state index in [2.05, 4.69) is 39.1 Å². The van der Waals surface area contributed by atoms with Crippen LogP contribution in [0, 0.1) is 0 Å². The first-order valence-electron chi connectivity index (χ1n) is 7.07. The Balaban J connectivity index is 1.75. The van der Waals surface area contributed by atoms with Crippen molar-refractivity contribution in [2.24, 2.45) is 0 Å². The number of nitrogens with zero attached hydrogens (tertiary/aromatic N) is 5. The lowest BCUT2D eigenvalue weighted by molar-refractivity contribution is 0.0747. The lowest BCUT2D eigenvalue weighted by atomic mass is 10.0. The summed E-state index contributed by atoms with van der Waals surface area (Å²) < 4.78 is 0. The first-order chi connectivity index (χ1) is 9.58. The van der Waals surface area contributed by atoms with Gasteiger partial charge < -0.3 is 14.7 Å². The molecule has 20 heavy (non-hydrogen) atoms. The van der Waals surface area contributed by atoms with E-state index in [1.807, 2.05) is 0 Å². The van der Waals surface area contributed by atoms with E-state index in [4.69, 9.17) is 0 Å². The van der Waals surface area contributed by atoms with E-state index in [0.29, 0.717) is 18.4 Å². The molecule has 0 saturated carbocycles. The zero-order valence-electron chi connectivity index (χ0n) is 12.5. The molecule has 1 fully saturated rings. The average Bonchev–Trinajstić information content (AvgIpc) is 2.98. The van der Waals surface area contributed by atoms with Gasteiger partial charge in [-0.2, -0.15) is 5.10 Å². The van der Waals surface area contributed by atoms with Gasteiger partial charge in [0.25, 0.3) is 5.91 Å². The Hall–Kier alpha value is -1.47. The smallest absolute Gasteiger partial charge is 0.290 e. The predicted molar refractivity (Wildman–Crippen MR) is 76.5 cm³/mol. The monoisotopic (exact) mass is 280 g/mol. The van der Waals surface area contributed by atoms with Crippen molar-refractivity contribution < 1.29 is 4.79 Å². The van der Waals surface area contributed by atoms with Crippen molar-refractivity contribution in [2.75, 3.05) is 47.3 Å². The second-order valence-corrected chi connectivity index (χ2v) is 5.58. The number of hydrogen-bond donors (Lipinski definition) is 1. The summed E-state index contributed by atoms with van der Waals surface area (Å²) in [6, 6.07) is 0.625. The molecule has 0 aliphatic carbocycles. The summed E-state index contributed by atoms with van der Waals surface area (Å²) in [5.41, 5.74) is 0. The van der Waals surface area contributed by atoms with Crippen molar-refractivity contribution in [1.82, 2.24) is 29.9 Å². The summed E-state index contributed by atoms with van der Waals surface area (Å²) in [4.78, 5) is 22.3. The third kappa shape index (κ3) is 3.77. The molecule has 1 saturated heterocycles. The normalized spacial score (nSPS) is 17.6. The predicted octanol–water partition coefficient (Wildman–Crippen LogP) is -0.0973. The van der Waals surface area contributed by atoms with Gasteiger partial charge in [0, 0.05) is 26.2 Å². The maximum absolute atomic E-state index is 12.0. The molecule has 1 aromatic rings. The summed E-state index contributed by atoms with van der Waals surface area (Å²) in [6.07, 6.45) is 3.76. The Morgan fingerprint density at radius 2 is 2.10 bits per heavy atom. The Bertz CT molecular complexity index is 413. The number of aromatic amines is 1. The summed E-state index contributed by atoms with van der Waals surface area (Å²) in [6.45, 7) is 3.89. The number of carbonyl (C=O) groups excluding carboxylic acids is 1. The molecule has 2 rings (SSSR count). The van der Waals surface area contributed by atoms with Crippen LogP contribution < -0.4 is 0 Å². The lowest BCUT2D eigenvalue weighted by Gasteiger charge is -2.35. The number of nitrogens with one attached hydrogen (secondary N) is 1. The molecule has 1 N–H and O–H groups in total. The largest absolute Gasteiger partial charge is 0.338 e. The third-order valence-corrected chi connectivity index (χ3v) is 4.06. The van der Waals surface area contributed by atoms with E-state index in [1.165, 1.54) is 19.2 Å². The zero-order chi connectivity index (χ0) is 14.5. The van der Waals surface area contributed by atoms with Gasteiger partial charge in [-0.3, -0.25) is 9.89 Å². The highest BCUT2D eigenvalue weighted by molar-refractivity contribution is 5.90. The minimum Gasteiger partial charge on any atom is -0.338 e. The van der Waals surface area contributed by atoms with Gasteiger partial charge in [-0.15, -0.1) is 0 Å². The minimum absolute atomic E-state index is 0.112. The molecule has 112 valence electrons. The molecule has 1 aromatic heterocycles. The van der Waals surface area contributed by atoms with Gasteiger partial charge >= 0.3 is 0 Å². The summed E-state index contributed by atoms with van der Waals surface area (Å²) in [7, 11) is 6.11. The van der Waals surface area contributed by atoms with Crippen LogP contribution in [0.5, 0.6) is 0 Å². The van der Waals surface area contributed by atoms with Gasteiger partial charge in [-0.1, -0.05) is 0 Å². The standard InChI is InChI=1S/C13H24N6O/c1-17-6-4-11(5-7-17)18(2)8-9-19(3)13(20)12-14-10-15-16-12/h10-11H,4-9H2,1-3H3,(H,14,15,16). The molecule has 2 heterocycles. The van der Waals surface area contributed by atoms with Crippen LogP contribution in [0.2, 0.25) is 0 Å². The number of likely N-dealkylation sites (N-methyl/N-ethyl adjacent to an activating group) is 2. The quantitative estimate of drug-likeness (QED) is 0.816. The summed E-state index contributed by atoms with van der Waals surface area (Å²) >= 11 is 0. The number of aromatic nitrogens is 3. The Labute approximate surface area is 119 Å². The van der Waals surface area contributed by atoms with Gasteiger partial charge in [0.1, 0.15) is 6.33 Å². The van der Waals surface area contributed by atoms with E-state index in [-0.39, 0.29) is 5.91 Å². The van der Waals surface area contributed by atoms with Crippen LogP contribution in [0.15, 0.2) is 6.33 Å². The van der Waals surface area contributed by atoms with Crippen molar-refractivity contribution in [3.63, 3.8) is 0 Å². The Kier molecular flexibility index (Phi) is 5.08. The summed E-state index contributed by atoms with van der Waals surface area (Å²) in [5.74, 6) is 0.189. The van der Waals surface area contributed by atoms with Crippen LogP contribution in [0.3, 0.4) is 0 Å². The van der Waals surface area contributed by atoms with Crippen LogP contribution in [-0.2, 0) is 0 Å². The maximum atomic E-state index is 12.0. The van der Waals surface area contributed by atoms with Crippen molar-refractivity contribution >= 4 is 5.91 Å². The number of amides is 1. The average molecular weight is 280 g/mol. The molecule has 0 aromatic carbocycles. The SMILES string of the molecule is CN1CCC(N(C)CCN(C)C(=O)c2ncn[nH]2)CC1. The van der Waals surface area contributed by atoms with Gasteiger partial charge in [0.2, 0.25) is 5.82 Å². The number of piperidine rings is 1. The van der Waals surface area contributed by atoms with Crippen LogP contribution in [0.1, 0.15) is 23.5 Å². The van der Waals surface area contributed by atoms with Gasteiger partial charge in [-0.05, 0) is 40.0 Å². The number of carbonyl (C=O) groups is 1. The molecule has 0 bridgehead atoms. The topological polar surface area (TPSA) is 68.4 Å². The lowest BCUT2D eigenvalue weighted by Crippen LogP contribution is -2.44. The molecule has 1 aliphatic rings. The van der Waals surface area contributed by atoms with Crippen molar-refractivity contribution in [3.05, 3.63) is 12.2 Å². The van der Waals surface area contributed by atoms with E-state index in [0.717, 1.165) is 19.6 Å². The van der Waals surface area contributed by atoms with Gasteiger partial charge in [-0.25, -0.2) is 4.98 Å². The number of H-pyrrole nitrogens is 1. The number of likely N-dealkylation sites (tertiary alicyclic amines) is 1. The Morgan fingerprint density at radius 3 is 2.70 bits per heavy atom. The molecule has 1 amide bonds. The van der Waals surface area contributed by atoms with Crippen molar-refractivity contribution in [3.8, 4) is 0 Å². The fraction of sp³-hybridized carbons (Fsp3) is 0.769. The van der Waals surface area contributed by atoms with Crippen molar-refractivity contribution in [1.29, 1.82) is 0 Å². The van der Waals surface area contributed by atoms with Crippen LogP contribution >= 0.6 is 0 Å². The van der Waals surface area contributed by atoms with E-state index < -0.39 is 0 Å². The third-order valence-electron chi connectivity index (χ3n) is 4.06. The van der Waals surface area contributed by atoms with Gasteiger partial charge in [0.05, 0.1) is 0 Å². The van der Waals surface area contributed by atoms with E-state index >= 15 is 0 Å². The summed E-state index contributed by atoms with van der Waals surface area (Å²) in [5, 5.41) is 6.30. The number of hydrogen-bond acceptors (Lipinski definition) is 5. The number of rotatable bonds is 5. The highest BCUT2D eigenvalue weighted by Gasteiger charge is 2.21. The Morgan fingerprint density at radius 1 is 1.40 bits per heavy atom. The molecular formula is C13H24N6O. The molecular weight excluding hydrogens is 256 g/mol. The minimum atomic E-state index is -0.112. The highest BCUT2D eigenvalue weighted by atomic mass is 16.2. The molecule has 0 unspecified atom stereocenters. The highest BCUT2D eigenvalue weighted by Crippen LogP contribution is 2.13. The van der Waals surface area contributed by atoms with Crippen LogP contribution in [0.25, 0.3) is 0 Å². The molecule has 1 aliphatic heterocycles. The van der Waals surface area contributed by atoms with Crippen LogP contribution in [0.4, 0.5) is 0 Å². The second kappa shape index (κ2) is 6.81. The fourth-order valence-electron chi connectivity index (χ4n) is 2.52. The fourth-order valence-corrected chi connectivity index (χ4v) is 2.52. The molecule has 0 radical (unpaired) electrons. The van der Waals surface area contributed by atoms with E-state index in [1.54, 1.807) is 11.9 Å². The second-order valence-electron chi connectivity index (χ2n) is 5.58. The first-order valence-corrected chi connectivity index (χ1v) is 7.07. The molecule has 0 spiro atoms. The van der Waals surface area contributed by atoms with Crippen LogP contribution in [-0.4, -0.2) is 89.2 Å². The van der Waals surface area contributed by atoms with E-state index in [9.17, 15) is 4.79 Å². The molecule has 0 atom stereocenters. The molecule has 7 nitrogen and oxygen atoms in total.